The van der Waals surface area contributed by atoms with Crippen LogP contribution >= 0.6 is 12.6 Å². The maximum Gasteiger partial charge on any atom is 0.132 e. The lowest BCUT2D eigenvalue weighted by Crippen LogP contribution is -2.48. The topological polar surface area (TPSA) is 20.2 Å². The molecule has 5 rings (SSSR count). The molecule has 0 saturated heterocycles. The molecule has 0 heterocycles. The lowest BCUT2D eigenvalue weighted by Gasteiger charge is -2.57. The summed E-state index contributed by atoms with van der Waals surface area (Å²) in [6.45, 7) is 2.11. The van der Waals surface area contributed by atoms with E-state index in [1.165, 1.54) is 49.7 Å². The summed E-state index contributed by atoms with van der Waals surface area (Å²) >= 11 is 4.46. The van der Waals surface area contributed by atoms with Gasteiger partial charge in [-0.05, 0) is 80.2 Å². The Morgan fingerprint density at radius 2 is 1.58 bits per heavy atom. The third kappa shape index (κ3) is 1.75. The van der Waals surface area contributed by atoms with E-state index in [0.29, 0.717) is 5.75 Å². The van der Waals surface area contributed by atoms with Crippen molar-refractivity contribution in [1.29, 1.82) is 0 Å². The highest BCUT2D eigenvalue weighted by molar-refractivity contribution is 7.80. The summed E-state index contributed by atoms with van der Waals surface area (Å²) in [7, 11) is 0. The molecule has 1 nitrogen and oxygen atoms in total. The largest absolute Gasteiger partial charge is 0.506 e. The molecule has 0 aliphatic heterocycles. The van der Waals surface area contributed by atoms with Crippen LogP contribution in [0.1, 0.15) is 49.7 Å². The lowest BCUT2D eigenvalue weighted by molar-refractivity contribution is -0.00630. The predicted molar refractivity (Wildman–Crippen MR) is 79.9 cm³/mol. The Bertz CT molecular complexity index is 499. The molecule has 4 aliphatic carbocycles. The van der Waals surface area contributed by atoms with Gasteiger partial charge in [-0.1, -0.05) is 6.07 Å². The van der Waals surface area contributed by atoms with Crippen LogP contribution in [0.2, 0.25) is 0 Å². The number of thiol groups is 1. The van der Waals surface area contributed by atoms with Crippen molar-refractivity contribution in [3.8, 4) is 5.75 Å². The number of phenols is 1. The van der Waals surface area contributed by atoms with Gasteiger partial charge in [-0.25, -0.2) is 0 Å². The molecule has 0 spiro atoms. The van der Waals surface area contributed by atoms with E-state index < -0.39 is 0 Å². The highest BCUT2D eigenvalue weighted by Crippen LogP contribution is 2.62. The summed E-state index contributed by atoms with van der Waals surface area (Å²) < 4.78 is 0. The van der Waals surface area contributed by atoms with Crippen LogP contribution in [0.15, 0.2) is 17.0 Å². The highest BCUT2D eigenvalue weighted by atomic mass is 32.1. The molecular formula is C17H22OS. The highest BCUT2D eigenvalue weighted by Gasteiger charge is 2.52. The maximum absolute atomic E-state index is 10.5. The molecule has 0 aromatic heterocycles. The average molecular weight is 274 g/mol. The molecule has 102 valence electrons. The van der Waals surface area contributed by atoms with Gasteiger partial charge in [0.25, 0.3) is 0 Å². The fourth-order valence-electron chi connectivity index (χ4n) is 5.60. The Morgan fingerprint density at radius 3 is 2.11 bits per heavy atom. The maximum atomic E-state index is 10.5. The zero-order chi connectivity index (χ0) is 13.2. The molecular weight excluding hydrogens is 252 g/mol. The fourth-order valence-corrected chi connectivity index (χ4v) is 5.93. The molecule has 0 radical (unpaired) electrons. The van der Waals surface area contributed by atoms with Crippen molar-refractivity contribution in [2.45, 2.75) is 55.8 Å². The zero-order valence-electron chi connectivity index (χ0n) is 11.5. The van der Waals surface area contributed by atoms with Crippen molar-refractivity contribution >= 4 is 12.6 Å². The van der Waals surface area contributed by atoms with Gasteiger partial charge >= 0.3 is 0 Å². The van der Waals surface area contributed by atoms with Gasteiger partial charge in [0.05, 0.1) is 0 Å². The number of hydrogen-bond acceptors (Lipinski definition) is 2. The third-order valence-electron chi connectivity index (χ3n) is 5.84. The van der Waals surface area contributed by atoms with Gasteiger partial charge in [-0.3, -0.25) is 0 Å². The number of hydrogen-bond donors (Lipinski definition) is 2. The van der Waals surface area contributed by atoms with Gasteiger partial charge in [0.15, 0.2) is 0 Å². The van der Waals surface area contributed by atoms with Crippen LogP contribution < -0.4 is 0 Å². The smallest absolute Gasteiger partial charge is 0.132 e. The molecule has 1 N–H and O–H groups in total. The van der Waals surface area contributed by atoms with Crippen molar-refractivity contribution in [3.63, 3.8) is 0 Å². The monoisotopic (exact) mass is 274 g/mol. The first-order chi connectivity index (χ1) is 9.06. The summed E-state index contributed by atoms with van der Waals surface area (Å²) in [5, 5.41) is 10.5. The van der Waals surface area contributed by atoms with Crippen molar-refractivity contribution in [2.75, 3.05) is 0 Å². The van der Waals surface area contributed by atoms with E-state index >= 15 is 0 Å². The Hall–Kier alpha value is -0.630. The molecule has 4 saturated carbocycles. The van der Waals surface area contributed by atoms with E-state index in [2.05, 4.69) is 25.6 Å². The normalized spacial score (nSPS) is 39.8. The second-order valence-corrected chi connectivity index (χ2v) is 7.86. The van der Waals surface area contributed by atoms with Crippen LogP contribution in [0.25, 0.3) is 0 Å². The van der Waals surface area contributed by atoms with E-state index in [4.69, 9.17) is 0 Å². The Morgan fingerprint density at radius 1 is 1.05 bits per heavy atom. The van der Waals surface area contributed by atoms with Crippen molar-refractivity contribution < 1.29 is 5.11 Å². The molecule has 4 bridgehead atoms. The van der Waals surface area contributed by atoms with E-state index in [1.807, 2.05) is 6.07 Å². The summed E-state index contributed by atoms with van der Waals surface area (Å²) in [4.78, 5) is 0.755. The van der Waals surface area contributed by atoms with E-state index in [9.17, 15) is 5.11 Å². The van der Waals surface area contributed by atoms with Crippen molar-refractivity contribution in [2.24, 2.45) is 17.8 Å². The molecule has 1 aromatic rings. The van der Waals surface area contributed by atoms with E-state index in [-0.39, 0.29) is 5.41 Å². The first-order valence-electron chi connectivity index (χ1n) is 7.59. The van der Waals surface area contributed by atoms with Crippen LogP contribution in [0, 0.1) is 24.7 Å². The van der Waals surface area contributed by atoms with Gasteiger partial charge in [0.1, 0.15) is 5.75 Å². The van der Waals surface area contributed by atoms with Gasteiger partial charge in [-0.15, -0.1) is 12.6 Å². The quantitative estimate of drug-likeness (QED) is 0.725. The first kappa shape index (κ1) is 12.1. The number of aryl methyl sites for hydroxylation is 1. The first-order valence-corrected chi connectivity index (χ1v) is 8.03. The molecule has 0 amide bonds. The van der Waals surface area contributed by atoms with Gasteiger partial charge in [-0.2, -0.15) is 0 Å². The SMILES string of the molecule is Cc1cc(S)c(O)c(C23CC4CC(CC(C4)C2)C3)c1. The fraction of sp³-hybridized carbons (Fsp3) is 0.647. The Labute approximate surface area is 120 Å². The minimum atomic E-state index is 0.266. The second-order valence-electron chi connectivity index (χ2n) is 7.38. The number of aromatic hydroxyl groups is 1. The van der Waals surface area contributed by atoms with Crippen molar-refractivity contribution in [3.05, 3.63) is 23.3 Å². The number of rotatable bonds is 1. The summed E-state index contributed by atoms with van der Waals surface area (Å²) in [5.41, 5.74) is 2.70. The summed E-state index contributed by atoms with van der Waals surface area (Å²) in [6, 6.07) is 4.20. The van der Waals surface area contributed by atoms with E-state index in [0.717, 1.165) is 22.6 Å². The average Bonchev–Trinajstić information content (AvgIpc) is 2.32. The van der Waals surface area contributed by atoms with Gasteiger partial charge in [0.2, 0.25) is 0 Å². The molecule has 4 aliphatic rings. The van der Waals surface area contributed by atoms with Crippen molar-refractivity contribution in [1.82, 2.24) is 0 Å². The number of phenolic OH excluding ortho intramolecular Hbond substituents is 1. The van der Waals surface area contributed by atoms with Crippen LogP contribution in [0.3, 0.4) is 0 Å². The zero-order valence-corrected chi connectivity index (χ0v) is 12.4. The molecule has 1 aromatic carbocycles. The standard InChI is InChI=1S/C17H22OS/c1-10-2-14(16(18)15(19)3-10)17-7-11-4-12(8-17)6-13(5-11)9-17/h2-3,11-13,18-19H,4-9H2,1H3. The third-order valence-corrected chi connectivity index (χ3v) is 6.18. The molecule has 0 unspecified atom stereocenters. The van der Waals surface area contributed by atoms with E-state index in [1.54, 1.807) is 0 Å². The Kier molecular flexibility index (Phi) is 2.52. The molecule has 4 fully saturated rings. The molecule has 19 heavy (non-hydrogen) atoms. The minimum Gasteiger partial charge on any atom is -0.506 e. The Balaban J connectivity index is 1.84. The van der Waals surface area contributed by atoms with Crippen LogP contribution in [0.4, 0.5) is 0 Å². The number of benzene rings is 1. The minimum absolute atomic E-state index is 0.266. The van der Waals surface area contributed by atoms with Crippen LogP contribution in [-0.2, 0) is 5.41 Å². The molecule has 0 atom stereocenters. The van der Waals surface area contributed by atoms with Crippen LogP contribution in [-0.4, -0.2) is 5.11 Å². The molecule has 2 heteroatoms. The van der Waals surface area contributed by atoms with Gasteiger partial charge < -0.3 is 5.11 Å². The summed E-state index contributed by atoms with van der Waals surface area (Å²) in [5.74, 6) is 3.19. The van der Waals surface area contributed by atoms with Crippen LogP contribution in [0.5, 0.6) is 5.75 Å². The van der Waals surface area contributed by atoms with Gasteiger partial charge in [0, 0.05) is 10.5 Å². The lowest BCUT2D eigenvalue weighted by atomic mass is 9.48. The summed E-state index contributed by atoms with van der Waals surface area (Å²) in [6.07, 6.45) is 8.22. The predicted octanol–water partition coefficient (Wildman–Crippen LogP) is 4.46. The second kappa shape index (κ2) is 3.94.